The summed E-state index contributed by atoms with van der Waals surface area (Å²) in [5.41, 5.74) is 0.807. The molecule has 17 heavy (non-hydrogen) atoms. The van der Waals surface area contributed by atoms with Crippen LogP contribution in [0.15, 0.2) is 10.5 Å². The summed E-state index contributed by atoms with van der Waals surface area (Å²) in [6, 6.07) is 1.61. The lowest BCUT2D eigenvalue weighted by molar-refractivity contribution is -0.119. The molecule has 0 saturated carbocycles. The second-order valence-corrected chi connectivity index (χ2v) is 4.08. The van der Waals surface area contributed by atoms with Crippen molar-refractivity contribution in [3.05, 3.63) is 23.2 Å². The SMILES string of the molecule is Cc1oc(C(=O)O)cc1CNC1CNC(=O)C1. The number of carboxylic acid groups (broad SMARTS) is 1. The molecule has 1 aliphatic rings. The van der Waals surface area contributed by atoms with E-state index < -0.39 is 5.97 Å². The Labute approximate surface area is 98.0 Å². The van der Waals surface area contributed by atoms with Gasteiger partial charge in [-0.05, 0) is 13.0 Å². The molecule has 1 aliphatic heterocycles. The molecule has 1 amide bonds. The Hall–Kier alpha value is -1.82. The van der Waals surface area contributed by atoms with E-state index in [-0.39, 0.29) is 17.7 Å². The van der Waals surface area contributed by atoms with Crippen molar-refractivity contribution >= 4 is 11.9 Å². The first kappa shape index (κ1) is 11.7. The highest BCUT2D eigenvalue weighted by atomic mass is 16.4. The summed E-state index contributed by atoms with van der Waals surface area (Å²) < 4.78 is 5.09. The van der Waals surface area contributed by atoms with Gasteiger partial charge in [0.25, 0.3) is 0 Å². The maximum Gasteiger partial charge on any atom is 0.371 e. The molecular formula is C11H14N2O4. The number of aryl methyl sites for hydroxylation is 1. The Morgan fingerprint density at radius 1 is 1.71 bits per heavy atom. The van der Waals surface area contributed by atoms with Crippen LogP contribution < -0.4 is 10.6 Å². The van der Waals surface area contributed by atoms with Crippen molar-refractivity contribution in [2.75, 3.05) is 6.54 Å². The van der Waals surface area contributed by atoms with Crippen LogP contribution in [0.2, 0.25) is 0 Å². The highest BCUT2D eigenvalue weighted by Crippen LogP contribution is 2.15. The van der Waals surface area contributed by atoms with E-state index in [2.05, 4.69) is 10.6 Å². The van der Waals surface area contributed by atoms with Crippen molar-refractivity contribution < 1.29 is 19.1 Å². The number of carboxylic acids is 1. The molecule has 0 bridgehead atoms. The van der Waals surface area contributed by atoms with Crippen LogP contribution >= 0.6 is 0 Å². The smallest absolute Gasteiger partial charge is 0.371 e. The van der Waals surface area contributed by atoms with E-state index in [4.69, 9.17) is 9.52 Å². The fourth-order valence-corrected chi connectivity index (χ4v) is 1.80. The van der Waals surface area contributed by atoms with Crippen molar-refractivity contribution in [3.63, 3.8) is 0 Å². The van der Waals surface area contributed by atoms with E-state index in [1.807, 2.05) is 0 Å². The monoisotopic (exact) mass is 238 g/mol. The van der Waals surface area contributed by atoms with Gasteiger partial charge in [0.15, 0.2) is 0 Å². The van der Waals surface area contributed by atoms with E-state index >= 15 is 0 Å². The normalized spacial score (nSPS) is 19.4. The predicted octanol–water partition coefficient (Wildman–Crippen LogP) is 0.264. The summed E-state index contributed by atoms with van der Waals surface area (Å²) >= 11 is 0. The van der Waals surface area contributed by atoms with Gasteiger partial charge >= 0.3 is 5.97 Å². The number of carbonyl (C=O) groups is 2. The zero-order valence-electron chi connectivity index (χ0n) is 9.45. The standard InChI is InChI=1S/C11H14N2O4/c1-6-7(2-9(17-6)11(15)16)4-12-8-3-10(14)13-5-8/h2,8,12H,3-5H2,1H3,(H,13,14)(H,15,16). The van der Waals surface area contributed by atoms with Crippen LogP contribution in [0.25, 0.3) is 0 Å². The Kier molecular flexibility index (Phi) is 3.14. The molecule has 1 saturated heterocycles. The lowest BCUT2D eigenvalue weighted by atomic mass is 10.2. The third-order valence-electron chi connectivity index (χ3n) is 2.79. The number of rotatable bonds is 4. The van der Waals surface area contributed by atoms with Crippen LogP contribution in [0.1, 0.15) is 28.3 Å². The molecule has 2 rings (SSSR count). The molecule has 6 nitrogen and oxygen atoms in total. The molecule has 0 aromatic carbocycles. The molecule has 0 spiro atoms. The van der Waals surface area contributed by atoms with Crippen LogP contribution in [0, 0.1) is 6.92 Å². The Balaban J connectivity index is 1.94. The second-order valence-electron chi connectivity index (χ2n) is 4.08. The predicted molar refractivity (Wildman–Crippen MR) is 58.7 cm³/mol. The van der Waals surface area contributed by atoms with Crippen LogP contribution in [-0.2, 0) is 11.3 Å². The van der Waals surface area contributed by atoms with Gasteiger partial charge in [0.2, 0.25) is 11.7 Å². The van der Waals surface area contributed by atoms with E-state index in [1.165, 1.54) is 6.07 Å². The summed E-state index contributed by atoms with van der Waals surface area (Å²) in [4.78, 5) is 21.7. The molecule has 1 fully saturated rings. The largest absolute Gasteiger partial charge is 0.475 e. The number of aromatic carboxylic acids is 1. The van der Waals surface area contributed by atoms with Gasteiger partial charge in [0.05, 0.1) is 0 Å². The topological polar surface area (TPSA) is 91.6 Å². The van der Waals surface area contributed by atoms with Crippen molar-refractivity contribution in [1.29, 1.82) is 0 Å². The molecule has 0 aliphatic carbocycles. The third-order valence-corrected chi connectivity index (χ3v) is 2.79. The second kappa shape index (κ2) is 4.58. The molecule has 2 heterocycles. The van der Waals surface area contributed by atoms with Gasteiger partial charge < -0.3 is 20.2 Å². The number of furan rings is 1. The van der Waals surface area contributed by atoms with Gasteiger partial charge in [-0.25, -0.2) is 4.79 Å². The van der Waals surface area contributed by atoms with Crippen molar-refractivity contribution in [3.8, 4) is 0 Å². The molecule has 3 N–H and O–H groups in total. The average Bonchev–Trinajstić information content (AvgIpc) is 2.82. The number of amides is 1. The lowest BCUT2D eigenvalue weighted by Crippen LogP contribution is -2.30. The maximum atomic E-state index is 11.0. The molecule has 0 radical (unpaired) electrons. The quantitative estimate of drug-likeness (QED) is 0.700. The molecular weight excluding hydrogens is 224 g/mol. The lowest BCUT2D eigenvalue weighted by Gasteiger charge is -2.08. The average molecular weight is 238 g/mol. The van der Waals surface area contributed by atoms with Crippen LogP contribution in [0.3, 0.4) is 0 Å². The number of nitrogens with one attached hydrogen (secondary N) is 2. The first-order chi connectivity index (χ1) is 8.06. The molecule has 92 valence electrons. The highest BCUT2D eigenvalue weighted by Gasteiger charge is 2.21. The van der Waals surface area contributed by atoms with E-state index in [0.29, 0.717) is 25.3 Å². The number of hydrogen-bond acceptors (Lipinski definition) is 4. The van der Waals surface area contributed by atoms with Crippen LogP contribution in [0.5, 0.6) is 0 Å². The summed E-state index contributed by atoms with van der Waals surface area (Å²) in [6.07, 6.45) is 0.461. The molecule has 1 unspecified atom stereocenters. The number of hydrogen-bond donors (Lipinski definition) is 3. The summed E-state index contributed by atoms with van der Waals surface area (Å²) in [5, 5.41) is 14.7. The van der Waals surface area contributed by atoms with Gasteiger partial charge in [-0.15, -0.1) is 0 Å². The van der Waals surface area contributed by atoms with Gasteiger partial charge in [0.1, 0.15) is 5.76 Å². The molecule has 1 aromatic rings. The zero-order valence-corrected chi connectivity index (χ0v) is 9.45. The molecule has 1 atom stereocenters. The van der Waals surface area contributed by atoms with Crippen molar-refractivity contribution in [2.24, 2.45) is 0 Å². The Morgan fingerprint density at radius 3 is 3.00 bits per heavy atom. The van der Waals surface area contributed by atoms with Gasteiger partial charge in [-0.3, -0.25) is 4.79 Å². The van der Waals surface area contributed by atoms with Gasteiger partial charge in [-0.1, -0.05) is 0 Å². The zero-order chi connectivity index (χ0) is 12.4. The summed E-state index contributed by atoms with van der Waals surface area (Å²) in [6.45, 7) is 2.84. The minimum absolute atomic E-state index is 0.0395. The highest BCUT2D eigenvalue weighted by molar-refractivity contribution is 5.84. The van der Waals surface area contributed by atoms with Gasteiger partial charge in [0, 0.05) is 31.1 Å². The minimum Gasteiger partial charge on any atom is -0.475 e. The maximum absolute atomic E-state index is 11.0. The fourth-order valence-electron chi connectivity index (χ4n) is 1.80. The van der Waals surface area contributed by atoms with Crippen LogP contribution in [-0.4, -0.2) is 29.6 Å². The summed E-state index contributed by atoms with van der Waals surface area (Å²) in [5.74, 6) is -0.498. The third kappa shape index (κ3) is 2.65. The molecule has 6 heteroatoms. The minimum atomic E-state index is -1.07. The van der Waals surface area contributed by atoms with Crippen molar-refractivity contribution in [2.45, 2.75) is 25.9 Å². The fraction of sp³-hybridized carbons (Fsp3) is 0.455. The first-order valence-corrected chi connectivity index (χ1v) is 5.39. The molecule has 1 aromatic heterocycles. The van der Waals surface area contributed by atoms with Crippen LogP contribution in [0.4, 0.5) is 0 Å². The summed E-state index contributed by atoms with van der Waals surface area (Å²) in [7, 11) is 0. The van der Waals surface area contributed by atoms with Gasteiger partial charge in [-0.2, -0.15) is 0 Å². The first-order valence-electron chi connectivity index (χ1n) is 5.39. The van der Waals surface area contributed by atoms with E-state index in [9.17, 15) is 9.59 Å². The van der Waals surface area contributed by atoms with E-state index in [0.717, 1.165) is 5.56 Å². The Bertz CT molecular complexity index is 452. The number of carbonyl (C=O) groups excluding carboxylic acids is 1. The van der Waals surface area contributed by atoms with E-state index in [1.54, 1.807) is 6.92 Å². The van der Waals surface area contributed by atoms with Crippen molar-refractivity contribution in [1.82, 2.24) is 10.6 Å². The Morgan fingerprint density at radius 2 is 2.47 bits per heavy atom.